The number of benzene rings is 2. The fraction of sp³-hybridized carbons (Fsp3) is 0.111. The van der Waals surface area contributed by atoms with Crippen molar-refractivity contribution in [1.82, 2.24) is 0 Å². The lowest BCUT2D eigenvalue weighted by Gasteiger charge is -2.07. The Labute approximate surface area is 131 Å². The van der Waals surface area contributed by atoms with Crippen LogP contribution < -0.4 is 5.32 Å². The highest BCUT2D eigenvalue weighted by molar-refractivity contribution is 9.10. The predicted octanol–water partition coefficient (Wildman–Crippen LogP) is 5.23. The third-order valence-corrected chi connectivity index (χ3v) is 4.32. The lowest BCUT2D eigenvalue weighted by molar-refractivity contribution is 0.495. The highest BCUT2D eigenvalue weighted by Gasteiger charge is 2.17. The molecule has 1 N–H and O–H groups in total. The Bertz CT molecular complexity index is 806. The molecule has 2 nitrogen and oxygen atoms in total. The number of furan rings is 1. The molecule has 0 spiro atoms. The van der Waals surface area contributed by atoms with Gasteiger partial charge < -0.3 is 9.73 Å². The summed E-state index contributed by atoms with van der Waals surface area (Å²) in [6, 6.07) is 19.1. The van der Waals surface area contributed by atoms with Gasteiger partial charge in [0.25, 0.3) is 0 Å². The van der Waals surface area contributed by atoms with Crippen LogP contribution in [0.2, 0.25) is 0 Å². The van der Waals surface area contributed by atoms with Crippen molar-refractivity contribution >= 4 is 21.6 Å². The molecule has 1 aliphatic rings. The summed E-state index contributed by atoms with van der Waals surface area (Å²) in [7, 11) is 0. The van der Waals surface area contributed by atoms with Gasteiger partial charge in [0.05, 0.1) is 6.54 Å². The second-order valence-electron chi connectivity index (χ2n) is 5.27. The second kappa shape index (κ2) is 5.08. The topological polar surface area (TPSA) is 25.2 Å². The molecule has 0 radical (unpaired) electrons. The Morgan fingerprint density at radius 3 is 2.67 bits per heavy atom. The smallest absolute Gasteiger partial charge is 0.169 e. The highest BCUT2D eigenvalue weighted by Crippen LogP contribution is 2.37. The number of anilines is 1. The van der Waals surface area contributed by atoms with E-state index in [1.165, 1.54) is 22.3 Å². The van der Waals surface area contributed by atoms with Crippen molar-refractivity contribution in [3.05, 3.63) is 76.2 Å². The van der Waals surface area contributed by atoms with E-state index in [0.29, 0.717) is 6.54 Å². The Morgan fingerprint density at radius 2 is 1.81 bits per heavy atom. The number of hydrogen-bond acceptors (Lipinski definition) is 2. The van der Waals surface area contributed by atoms with E-state index in [1.54, 1.807) is 0 Å². The van der Waals surface area contributed by atoms with Crippen LogP contribution in [0.15, 0.2) is 63.7 Å². The van der Waals surface area contributed by atoms with Crippen molar-refractivity contribution in [1.29, 1.82) is 0 Å². The fourth-order valence-corrected chi connectivity index (χ4v) is 3.23. The van der Waals surface area contributed by atoms with Gasteiger partial charge in [0.15, 0.2) is 4.67 Å². The van der Waals surface area contributed by atoms with Crippen LogP contribution in [0.3, 0.4) is 0 Å². The quantitative estimate of drug-likeness (QED) is 0.553. The molecule has 0 aliphatic heterocycles. The Balaban J connectivity index is 1.56. The molecule has 104 valence electrons. The summed E-state index contributed by atoms with van der Waals surface area (Å²) in [6.07, 6.45) is 1.02. The van der Waals surface area contributed by atoms with E-state index in [-0.39, 0.29) is 0 Å². The van der Waals surface area contributed by atoms with Gasteiger partial charge in [-0.3, -0.25) is 0 Å². The Hall–Kier alpha value is -2.00. The second-order valence-corrected chi connectivity index (χ2v) is 6.05. The molecule has 0 saturated carbocycles. The van der Waals surface area contributed by atoms with Gasteiger partial charge in [0.2, 0.25) is 0 Å². The number of halogens is 1. The maximum Gasteiger partial charge on any atom is 0.169 e. The summed E-state index contributed by atoms with van der Waals surface area (Å²) in [6.45, 7) is 0.692. The molecule has 21 heavy (non-hydrogen) atoms. The minimum absolute atomic E-state index is 0.692. The molecule has 3 heteroatoms. The van der Waals surface area contributed by atoms with Crippen LogP contribution in [-0.4, -0.2) is 0 Å². The monoisotopic (exact) mass is 339 g/mol. The molecule has 2 aromatic carbocycles. The molecule has 0 bridgehead atoms. The summed E-state index contributed by atoms with van der Waals surface area (Å²) in [5.41, 5.74) is 6.67. The van der Waals surface area contributed by atoms with E-state index in [0.717, 1.165) is 22.5 Å². The minimum atomic E-state index is 0.692. The van der Waals surface area contributed by atoms with Gasteiger partial charge in [-0.25, -0.2) is 0 Å². The first-order valence-corrected chi connectivity index (χ1v) is 7.78. The first kappa shape index (κ1) is 12.7. The number of nitrogens with one attached hydrogen (secondary N) is 1. The Kier molecular flexibility index (Phi) is 3.08. The van der Waals surface area contributed by atoms with Gasteiger partial charge in [0, 0.05) is 5.69 Å². The summed E-state index contributed by atoms with van der Waals surface area (Å²) in [5, 5.41) is 3.42. The van der Waals surface area contributed by atoms with E-state index in [1.807, 2.05) is 12.1 Å². The summed E-state index contributed by atoms with van der Waals surface area (Å²) >= 11 is 3.32. The van der Waals surface area contributed by atoms with Crippen molar-refractivity contribution in [2.45, 2.75) is 13.0 Å². The average Bonchev–Trinajstić information content (AvgIpc) is 3.07. The van der Waals surface area contributed by atoms with Crippen LogP contribution in [0, 0.1) is 0 Å². The van der Waals surface area contributed by atoms with Crippen LogP contribution in [0.1, 0.15) is 16.9 Å². The molecule has 3 aromatic rings. The molecule has 4 rings (SSSR count). The zero-order chi connectivity index (χ0) is 14.2. The van der Waals surface area contributed by atoms with Crippen LogP contribution in [0.25, 0.3) is 11.1 Å². The van der Waals surface area contributed by atoms with E-state index >= 15 is 0 Å². The number of rotatable bonds is 3. The highest BCUT2D eigenvalue weighted by atomic mass is 79.9. The van der Waals surface area contributed by atoms with Crippen molar-refractivity contribution in [2.75, 3.05) is 5.32 Å². The molecule has 1 aliphatic carbocycles. The number of hydrogen-bond donors (Lipinski definition) is 1. The van der Waals surface area contributed by atoms with Crippen molar-refractivity contribution in [2.24, 2.45) is 0 Å². The van der Waals surface area contributed by atoms with Gasteiger partial charge in [-0.2, -0.15) is 0 Å². The molecule has 0 amide bonds. The average molecular weight is 340 g/mol. The lowest BCUT2D eigenvalue weighted by Crippen LogP contribution is -1.98. The molecule has 0 unspecified atom stereocenters. The maximum atomic E-state index is 5.50. The van der Waals surface area contributed by atoms with Crippen LogP contribution in [-0.2, 0) is 13.0 Å². The van der Waals surface area contributed by atoms with E-state index in [9.17, 15) is 0 Å². The van der Waals surface area contributed by atoms with Crippen molar-refractivity contribution < 1.29 is 4.42 Å². The molecule has 0 saturated heterocycles. The molecular formula is C18H14BrNO. The maximum absolute atomic E-state index is 5.50. The van der Waals surface area contributed by atoms with Gasteiger partial charge in [-0.05, 0) is 68.9 Å². The SMILES string of the molecule is Brc1ccc(CNc2ccc3c(c2)Cc2ccccc2-3)o1. The zero-order valence-electron chi connectivity index (χ0n) is 11.4. The molecule has 1 heterocycles. The van der Waals surface area contributed by atoms with Gasteiger partial charge >= 0.3 is 0 Å². The van der Waals surface area contributed by atoms with Gasteiger partial charge in [0.1, 0.15) is 5.76 Å². The van der Waals surface area contributed by atoms with E-state index in [4.69, 9.17) is 4.42 Å². The fourth-order valence-electron chi connectivity index (χ4n) is 2.89. The van der Waals surface area contributed by atoms with E-state index < -0.39 is 0 Å². The molecular weight excluding hydrogens is 326 g/mol. The van der Waals surface area contributed by atoms with Crippen LogP contribution in [0.5, 0.6) is 0 Å². The first-order valence-electron chi connectivity index (χ1n) is 6.99. The lowest BCUT2D eigenvalue weighted by atomic mass is 10.1. The summed E-state index contributed by atoms with van der Waals surface area (Å²) in [4.78, 5) is 0. The van der Waals surface area contributed by atoms with Crippen LogP contribution in [0.4, 0.5) is 5.69 Å². The summed E-state index contributed by atoms with van der Waals surface area (Å²) in [5.74, 6) is 0.922. The Morgan fingerprint density at radius 1 is 0.952 bits per heavy atom. The van der Waals surface area contributed by atoms with Crippen LogP contribution >= 0.6 is 15.9 Å². The van der Waals surface area contributed by atoms with Gasteiger partial charge in [-0.1, -0.05) is 30.3 Å². The molecule has 1 aromatic heterocycles. The molecule has 0 atom stereocenters. The first-order chi connectivity index (χ1) is 10.3. The summed E-state index contributed by atoms with van der Waals surface area (Å²) < 4.78 is 6.27. The minimum Gasteiger partial charge on any atom is -0.452 e. The van der Waals surface area contributed by atoms with Crippen molar-refractivity contribution in [3.63, 3.8) is 0 Å². The van der Waals surface area contributed by atoms with Gasteiger partial charge in [-0.15, -0.1) is 0 Å². The zero-order valence-corrected chi connectivity index (χ0v) is 13.0. The largest absolute Gasteiger partial charge is 0.452 e. The third-order valence-electron chi connectivity index (χ3n) is 3.89. The van der Waals surface area contributed by atoms with Crippen molar-refractivity contribution in [3.8, 4) is 11.1 Å². The van der Waals surface area contributed by atoms with E-state index in [2.05, 4.69) is 63.7 Å². The molecule has 0 fully saturated rings. The third kappa shape index (κ3) is 2.38. The number of fused-ring (bicyclic) bond motifs is 3. The standard InChI is InChI=1S/C18H14BrNO/c19-18-8-6-15(21-18)11-20-14-5-7-17-13(10-14)9-12-3-1-2-4-16(12)17/h1-8,10,20H,9,11H2. The predicted molar refractivity (Wildman–Crippen MR) is 88.4 cm³/mol. The normalized spacial score (nSPS) is 12.0.